The molecule has 0 aromatic heterocycles. The molecule has 2 aromatic rings. The van der Waals surface area contributed by atoms with Crippen molar-refractivity contribution >= 4 is 23.3 Å². The van der Waals surface area contributed by atoms with Crippen LogP contribution in [0.15, 0.2) is 42.5 Å². The van der Waals surface area contributed by atoms with Crippen molar-refractivity contribution in [1.82, 2.24) is 5.32 Å². The Labute approximate surface area is 169 Å². The summed E-state index contributed by atoms with van der Waals surface area (Å²) < 4.78 is 44.2. The number of carbonyl (C=O) groups is 2. The molecule has 3 amide bonds. The van der Waals surface area contributed by atoms with Crippen LogP contribution in [0.3, 0.4) is 0 Å². The highest BCUT2D eigenvalue weighted by Crippen LogP contribution is 2.33. The number of amides is 3. The fourth-order valence-corrected chi connectivity index (χ4v) is 2.21. The number of nitrogen functional groups attached to an aromatic ring is 1. The second-order valence-electron chi connectivity index (χ2n) is 6.41. The highest BCUT2D eigenvalue weighted by molar-refractivity contribution is 6.03. The maximum atomic E-state index is 13.0. The second-order valence-corrected chi connectivity index (χ2v) is 6.41. The van der Waals surface area contributed by atoms with Gasteiger partial charge in [-0.2, -0.15) is 18.4 Å². The van der Waals surface area contributed by atoms with Crippen LogP contribution in [-0.2, 0) is 11.0 Å². The van der Waals surface area contributed by atoms with Crippen LogP contribution in [0.4, 0.5) is 29.3 Å². The Hall–Kier alpha value is -3.78. The zero-order valence-corrected chi connectivity index (χ0v) is 15.6. The standard InChI is InChI=1S/C19H17F3N4O4/c1-18(29,10-30-14-6-3-12(24)4-7-14)16(27)26-17(28)25-13-5-2-11(9-23)15(8-13)19(20,21)22/h2-8,29H,10,24H2,1H3,(H2,25,26,27,28)/t18-/m0/s1. The second kappa shape index (κ2) is 8.71. The molecule has 0 heterocycles. The molecule has 0 saturated carbocycles. The molecule has 30 heavy (non-hydrogen) atoms. The van der Waals surface area contributed by atoms with Crippen LogP contribution in [0.25, 0.3) is 0 Å². The van der Waals surface area contributed by atoms with Gasteiger partial charge in [0.1, 0.15) is 12.4 Å². The van der Waals surface area contributed by atoms with E-state index in [1.54, 1.807) is 12.1 Å². The maximum Gasteiger partial charge on any atom is 0.417 e. The van der Waals surface area contributed by atoms with Crippen LogP contribution in [0, 0.1) is 11.3 Å². The summed E-state index contributed by atoms with van der Waals surface area (Å²) in [4.78, 5) is 24.1. The number of ether oxygens (including phenoxy) is 1. The average Bonchev–Trinajstić information content (AvgIpc) is 2.66. The summed E-state index contributed by atoms with van der Waals surface area (Å²) in [5.41, 5.74) is 1.74. The molecule has 8 nitrogen and oxygen atoms in total. The lowest BCUT2D eigenvalue weighted by Crippen LogP contribution is -2.51. The van der Waals surface area contributed by atoms with Crippen molar-refractivity contribution in [1.29, 1.82) is 5.26 Å². The topological polar surface area (TPSA) is 137 Å². The number of nitrogens with two attached hydrogens (primary N) is 1. The third-order valence-electron chi connectivity index (χ3n) is 3.82. The molecule has 0 bridgehead atoms. The van der Waals surface area contributed by atoms with E-state index in [4.69, 9.17) is 15.7 Å². The SMILES string of the molecule is C[C@](O)(COc1ccc(N)cc1)C(=O)NC(=O)Nc1ccc(C#N)c(C(F)(F)F)c1. The number of nitrogens with zero attached hydrogens (tertiary/aromatic N) is 1. The Morgan fingerprint density at radius 1 is 1.20 bits per heavy atom. The van der Waals surface area contributed by atoms with Gasteiger partial charge in [-0.05, 0) is 49.4 Å². The lowest BCUT2D eigenvalue weighted by atomic mass is 10.1. The van der Waals surface area contributed by atoms with Gasteiger partial charge >= 0.3 is 12.2 Å². The first kappa shape index (κ1) is 22.5. The maximum absolute atomic E-state index is 13.0. The van der Waals surface area contributed by atoms with Crippen molar-refractivity contribution in [2.45, 2.75) is 18.7 Å². The molecule has 0 saturated heterocycles. The van der Waals surface area contributed by atoms with E-state index in [2.05, 4.69) is 0 Å². The summed E-state index contributed by atoms with van der Waals surface area (Å²) in [5, 5.41) is 22.8. The molecule has 5 N–H and O–H groups in total. The Kier molecular flexibility index (Phi) is 6.53. The number of alkyl halides is 3. The fourth-order valence-electron chi connectivity index (χ4n) is 2.21. The minimum absolute atomic E-state index is 0.301. The van der Waals surface area contributed by atoms with Crippen LogP contribution in [0.5, 0.6) is 5.75 Å². The number of nitriles is 1. The van der Waals surface area contributed by atoms with Crippen LogP contribution in [0.2, 0.25) is 0 Å². The van der Waals surface area contributed by atoms with Gasteiger partial charge in [-0.15, -0.1) is 0 Å². The summed E-state index contributed by atoms with van der Waals surface area (Å²) in [6.07, 6.45) is -4.81. The number of nitrogens with one attached hydrogen (secondary N) is 2. The Bertz CT molecular complexity index is 983. The lowest BCUT2D eigenvalue weighted by Gasteiger charge is -2.22. The van der Waals surface area contributed by atoms with Gasteiger partial charge in [0.15, 0.2) is 5.60 Å². The smallest absolute Gasteiger partial charge is 0.417 e. The van der Waals surface area contributed by atoms with Crippen LogP contribution >= 0.6 is 0 Å². The highest BCUT2D eigenvalue weighted by Gasteiger charge is 2.35. The number of halogens is 3. The summed E-state index contributed by atoms with van der Waals surface area (Å²) >= 11 is 0. The first-order valence-corrected chi connectivity index (χ1v) is 8.37. The van der Waals surface area contributed by atoms with Gasteiger partial charge in [0.2, 0.25) is 0 Å². The minimum atomic E-state index is -4.81. The minimum Gasteiger partial charge on any atom is -0.490 e. The number of carbonyl (C=O) groups excluding carboxylic acids is 2. The number of anilines is 2. The summed E-state index contributed by atoms with van der Waals surface area (Å²) in [6.45, 7) is 0.585. The van der Waals surface area contributed by atoms with Gasteiger partial charge < -0.3 is 20.9 Å². The monoisotopic (exact) mass is 422 g/mol. The van der Waals surface area contributed by atoms with E-state index >= 15 is 0 Å². The Balaban J connectivity index is 2.00. The average molecular weight is 422 g/mol. The Morgan fingerprint density at radius 2 is 1.83 bits per heavy atom. The predicted molar refractivity (Wildman–Crippen MR) is 100 cm³/mol. The molecule has 0 aliphatic carbocycles. The van der Waals surface area contributed by atoms with E-state index < -0.39 is 41.4 Å². The van der Waals surface area contributed by atoms with Crippen LogP contribution in [0.1, 0.15) is 18.1 Å². The van der Waals surface area contributed by atoms with Crippen molar-refractivity contribution in [3.63, 3.8) is 0 Å². The van der Waals surface area contributed by atoms with Crippen LogP contribution < -0.4 is 21.1 Å². The van der Waals surface area contributed by atoms with E-state index in [0.717, 1.165) is 19.1 Å². The molecule has 0 spiro atoms. The molecule has 0 unspecified atom stereocenters. The molecule has 0 aliphatic heterocycles. The van der Waals surface area contributed by atoms with Gasteiger partial charge in [-0.25, -0.2) is 4.79 Å². The van der Waals surface area contributed by atoms with Gasteiger partial charge in [-0.1, -0.05) is 0 Å². The van der Waals surface area contributed by atoms with Crippen molar-refractivity contribution in [3.05, 3.63) is 53.6 Å². The molecule has 11 heteroatoms. The van der Waals surface area contributed by atoms with Crippen molar-refractivity contribution in [2.24, 2.45) is 0 Å². The number of benzene rings is 2. The first-order valence-electron chi connectivity index (χ1n) is 8.37. The number of urea groups is 1. The van der Waals surface area contributed by atoms with E-state index in [0.29, 0.717) is 17.5 Å². The molecule has 2 rings (SSSR count). The molecule has 0 aliphatic rings. The van der Waals surface area contributed by atoms with E-state index in [1.165, 1.54) is 18.2 Å². The van der Waals surface area contributed by atoms with Gasteiger partial charge in [0.25, 0.3) is 5.91 Å². The van der Waals surface area contributed by atoms with Gasteiger partial charge in [0, 0.05) is 11.4 Å². The number of rotatable bonds is 5. The predicted octanol–water partition coefficient (Wildman–Crippen LogP) is 2.64. The summed E-state index contributed by atoms with van der Waals surface area (Å²) in [5.74, 6) is -0.820. The highest BCUT2D eigenvalue weighted by atomic mass is 19.4. The molecular weight excluding hydrogens is 405 g/mol. The van der Waals surface area contributed by atoms with Crippen molar-refractivity contribution in [2.75, 3.05) is 17.7 Å². The molecule has 0 fully saturated rings. The quantitative estimate of drug-likeness (QED) is 0.547. The lowest BCUT2D eigenvalue weighted by molar-refractivity contribution is -0.139. The number of aliphatic hydroxyl groups is 1. The third-order valence-corrected chi connectivity index (χ3v) is 3.82. The zero-order valence-electron chi connectivity index (χ0n) is 15.6. The van der Waals surface area contributed by atoms with Gasteiger partial charge in [0.05, 0.1) is 17.2 Å². The Morgan fingerprint density at radius 3 is 2.40 bits per heavy atom. The zero-order chi connectivity index (χ0) is 22.5. The third kappa shape index (κ3) is 5.86. The summed E-state index contributed by atoms with van der Waals surface area (Å²) in [6, 6.07) is 8.87. The molecular formula is C19H17F3N4O4. The largest absolute Gasteiger partial charge is 0.490 e. The van der Waals surface area contributed by atoms with E-state index in [-0.39, 0.29) is 5.69 Å². The van der Waals surface area contributed by atoms with E-state index in [1.807, 2.05) is 10.6 Å². The fraction of sp³-hybridized carbons (Fsp3) is 0.211. The number of hydrogen-bond acceptors (Lipinski definition) is 6. The van der Waals surface area contributed by atoms with Crippen LogP contribution in [-0.4, -0.2) is 29.3 Å². The van der Waals surface area contributed by atoms with E-state index in [9.17, 15) is 27.9 Å². The molecule has 158 valence electrons. The van der Waals surface area contributed by atoms with Gasteiger partial charge in [-0.3, -0.25) is 10.1 Å². The van der Waals surface area contributed by atoms with Crippen molar-refractivity contribution < 1.29 is 32.6 Å². The molecule has 1 atom stereocenters. The molecule has 0 radical (unpaired) electrons. The van der Waals surface area contributed by atoms with Crippen molar-refractivity contribution in [3.8, 4) is 11.8 Å². The normalized spacial score (nSPS) is 12.9. The summed E-state index contributed by atoms with van der Waals surface area (Å²) in [7, 11) is 0. The molecule has 2 aromatic carbocycles. The first-order chi connectivity index (χ1) is 13.9. The number of hydrogen-bond donors (Lipinski definition) is 4. The number of imide groups is 1.